The van der Waals surface area contributed by atoms with Crippen molar-refractivity contribution < 1.29 is 0 Å². The topological polar surface area (TPSA) is 29.3 Å². The van der Waals surface area contributed by atoms with E-state index in [1.807, 2.05) is 36.0 Å². The molecule has 0 radical (unpaired) electrons. The monoisotopic (exact) mass is 195 g/mol. The van der Waals surface area contributed by atoms with Crippen LogP contribution in [-0.2, 0) is 6.54 Å². The van der Waals surface area contributed by atoms with Crippen LogP contribution in [0.1, 0.15) is 5.82 Å². The first-order chi connectivity index (χ1) is 6.31. The molecule has 2 heterocycles. The number of nitrogens with zero attached hydrogens (tertiary/aromatic N) is 2. The summed E-state index contributed by atoms with van der Waals surface area (Å²) in [7, 11) is 1.89. The first kappa shape index (κ1) is 8.53. The number of imidazole rings is 1. The van der Waals surface area contributed by atoms with Crippen molar-refractivity contribution in [1.29, 1.82) is 0 Å². The summed E-state index contributed by atoms with van der Waals surface area (Å²) < 4.78 is 1.98. The van der Waals surface area contributed by atoms with Gasteiger partial charge in [-0.2, -0.15) is 0 Å². The number of hydrogen-bond acceptors (Lipinski definition) is 2. The average Bonchev–Trinajstić information content (AvgIpc) is 2.49. The zero-order chi connectivity index (χ0) is 9.26. The van der Waals surface area contributed by atoms with Crippen LogP contribution in [0, 0.1) is 0 Å². The van der Waals surface area contributed by atoms with Crippen LogP contribution in [0.4, 0.5) is 0 Å². The largest absolute Gasteiger partial charge is 0.313 e. The number of rotatable bonds is 2. The van der Waals surface area contributed by atoms with Gasteiger partial charge in [-0.25, -0.2) is 4.98 Å². The van der Waals surface area contributed by atoms with E-state index < -0.39 is 0 Å². The van der Waals surface area contributed by atoms with Crippen molar-refractivity contribution in [1.82, 2.24) is 14.7 Å². The highest BCUT2D eigenvalue weighted by molar-refractivity contribution is 6.30. The predicted octanol–water partition coefficient (Wildman–Crippen LogP) is 1.71. The second-order valence-corrected chi connectivity index (χ2v) is 3.28. The van der Waals surface area contributed by atoms with Crippen LogP contribution in [0.15, 0.2) is 24.5 Å². The Kier molecular flexibility index (Phi) is 2.20. The number of fused-ring (bicyclic) bond motifs is 1. The van der Waals surface area contributed by atoms with E-state index in [9.17, 15) is 0 Å². The third-order valence-electron chi connectivity index (χ3n) is 1.90. The predicted molar refractivity (Wildman–Crippen MR) is 53.0 cm³/mol. The SMILES string of the molecule is CNCc1ncc2ccc(Cl)cn12. The van der Waals surface area contributed by atoms with Crippen LogP contribution in [0.2, 0.25) is 5.02 Å². The Morgan fingerprint density at radius 3 is 3.15 bits per heavy atom. The lowest BCUT2D eigenvalue weighted by Gasteiger charge is -2.00. The van der Waals surface area contributed by atoms with Gasteiger partial charge in [-0.05, 0) is 19.2 Å². The second-order valence-electron chi connectivity index (χ2n) is 2.85. The standard InChI is InChI=1S/C9H10ClN3/c1-11-5-9-12-4-8-3-2-7(10)6-13(8)9/h2-4,6,11H,5H2,1H3. The molecule has 68 valence electrons. The van der Waals surface area contributed by atoms with Crippen molar-refractivity contribution in [2.24, 2.45) is 0 Å². The molecule has 0 fully saturated rings. The first-order valence-corrected chi connectivity index (χ1v) is 4.45. The van der Waals surface area contributed by atoms with E-state index in [4.69, 9.17) is 11.6 Å². The smallest absolute Gasteiger partial charge is 0.127 e. The van der Waals surface area contributed by atoms with Crippen LogP contribution < -0.4 is 5.32 Å². The summed E-state index contributed by atoms with van der Waals surface area (Å²) in [5.41, 5.74) is 1.06. The molecule has 0 aromatic carbocycles. The number of nitrogens with one attached hydrogen (secondary N) is 1. The molecule has 4 heteroatoms. The molecule has 0 bridgehead atoms. The average molecular weight is 196 g/mol. The zero-order valence-electron chi connectivity index (χ0n) is 7.29. The first-order valence-electron chi connectivity index (χ1n) is 4.07. The molecule has 0 aliphatic rings. The van der Waals surface area contributed by atoms with Gasteiger partial charge < -0.3 is 9.72 Å². The van der Waals surface area contributed by atoms with Crippen LogP contribution in [0.5, 0.6) is 0 Å². The summed E-state index contributed by atoms with van der Waals surface area (Å²) >= 11 is 5.88. The number of pyridine rings is 1. The van der Waals surface area contributed by atoms with Crippen molar-refractivity contribution >= 4 is 17.1 Å². The Morgan fingerprint density at radius 1 is 1.54 bits per heavy atom. The molecular formula is C9H10ClN3. The maximum absolute atomic E-state index is 5.88. The third-order valence-corrected chi connectivity index (χ3v) is 2.13. The maximum atomic E-state index is 5.88. The summed E-state index contributed by atoms with van der Waals surface area (Å²) in [5, 5.41) is 3.78. The minimum absolute atomic E-state index is 0.725. The summed E-state index contributed by atoms with van der Waals surface area (Å²) in [5.74, 6) is 0.972. The molecule has 2 aromatic heterocycles. The van der Waals surface area contributed by atoms with Gasteiger partial charge in [0, 0.05) is 6.20 Å². The number of hydrogen-bond donors (Lipinski definition) is 1. The molecule has 0 spiro atoms. The van der Waals surface area contributed by atoms with Gasteiger partial charge in [0.15, 0.2) is 0 Å². The highest BCUT2D eigenvalue weighted by atomic mass is 35.5. The Bertz CT molecular complexity index is 422. The maximum Gasteiger partial charge on any atom is 0.127 e. The highest BCUT2D eigenvalue weighted by Crippen LogP contribution is 2.12. The van der Waals surface area contributed by atoms with Crippen molar-refractivity contribution in [2.75, 3.05) is 7.05 Å². The Balaban J connectivity index is 2.58. The molecule has 0 aliphatic carbocycles. The number of halogens is 1. The summed E-state index contributed by atoms with van der Waals surface area (Å²) in [6, 6.07) is 3.82. The van der Waals surface area contributed by atoms with Crippen LogP contribution in [-0.4, -0.2) is 16.4 Å². The Morgan fingerprint density at radius 2 is 2.38 bits per heavy atom. The van der Waals surface area contributed by atoms with E-state index in [1.165, 1.54) is 0 Å². The quantitative estimate of drug-likeness (QED) is 0.791. The highest BCUT2D eigenvalue weighted by Gasteiger charge is 2.01. The van der Waals surface area contributed by atoms with Crippen molar-refractivity contribution in [3.63, 3.8) is 0 Å². The molecule has 0 saturated heterocycles. The molecule has 2 rings (SSSR count). The van der Waals surface area contributed by atoms with Gasteiger partial charge in [-0.1, -0.05) is 11.6 Å². The molecule has 0 amide bonds. The third kappa shape index (κ3) is 1.53. The molecule has 3 nitrogen and oxygen atoms in total. The van der Waals surface area contributed by atoms with Crippen LogP contribution >= 0.6 is 11.6 Å². The van der Waals surface area contributed by atoms with Gasteiger partial charge in [0.1, 0.15) is 5.82 Å². The lowest BCUT2D eigenvalue weighted by molar-refractivity contribution is 0.755. The molecule has 2 aromatic rings. The van der Waals surface area contributed by atoms with E-state index in [0.29, 0.717) is 0 Å². The van der Waals surface area contributed by atoms with Crippen LogP contribution in [0.3, 0.4) is 0 Å². The van der Waals surface area contributed by atoms with Crippen molar-refractivity contribution in [3.05, 3.63) is 35.4 Å². The normalized spacial score (nSPS) is 10.9. The zero-order valence-corrected chi connectivity index (χ0v) is 8.04. The lowest BCUT2D eigenvalue weighted by Crippen LogP contribution is -2.08. The van der Waals surface area contributed by atoms with Gasteiger partial charge in [0.2, 0.25) is 0 Å². The molecule has 13 heavy (non-hydrogen) atoms. The fourth-order valence-corrected chi connectivity index (χ4v) is 1.47. The Labute approximate surface area is 81.4 Å². The lowest BCUT2D eigenvalue weighted by atomic mass is 10.4. The van der Waals surface area contributed by atoms with E-state index in [1.54, 1.807) is 0 Å². The summed E-state index contributed by atoms with van der Waals surface area (Å²) in [6.45, 7) is 0.745. The fourth-order valence-electron chi connectivity index (χ4n) is 1.31. The molecule has 0 atom stereocenters. The molecule has 0 saturated carbocycles. The number of aromatic nitrogens is 2. The Hall–Kier alpha value is -1.06. The van der Waals surface area contributed by atoms with Crippen molar-refractivity contribution in [3.8, 4) is 0 Å². The van der Waals surface area contributed by atoms with Crippen molar-refractivity contribution in [2.45, 2.75) is 6.54 Å². The van der Waals surface area contributed by atoms with Crippen LogP contribution in [0.25, 0.3) is 5.52 Å². The van der Waals surface area contributed by atoms with Gasteiger partial charge in [0.25, 0.3) is 0 Å². The van der Waals surface area contributed by atoms with E-state index in [0.717, 1.165) is 22.9 Å². The van der Waals surface area contributed by atoms with E-state index in [-0.39, 0.29) is 0 Å². The van der Waals surface area contributed by atoms with E-state index >= 15 is 0 Å². The summed E-state index contributed by atoms with van der Waals surface area (Å²) in [4.78, 5) is 4.27. The van der Waals surface area contributed by atoms with E-state index in [2.05, 4.69) is 10.3 Å². The van der Waals surface area contributed by atoms with Gasteiger partial charge >= 0.3 is 0 Å². The fraction of sp³-hybridized carbons (Fsp3) is 0.222. The minimum Gasteiger partial charge on any atom is -0.313 e. The second kappa shape index (κ2) is 3.36. The molecule has 0 unspecified atom stereocenters. The van der Waals surface area contributed by atoms with Gasteiger partial charge in [-0.3, -0.25) is 0 Å². The van der Waals surface area contributed by atoms with Gasteiger partial charge in [0.05, 0.1) is 23.3 Å². The summed E-state index contributed by atoms with van der Waals surface area (Å²) in [6.07, 6.45) is 3.71. The molecule has 1 N–H and O–H groups in total. The minimum atomic E-state index is 0.725. The van der Waals surface area contributed by atoms with Gasteiger partial charge in [-0.15, -0.1) is 0 Å². The molecular weight excluding hydrogens is 186 g/mol. The molecule has 0 aliphatic heterocycles.